The van der Waals surface area contributed by atoms with Gasteiger partial charge in [-0.15, -0.1) is 0 Å². The maximum absolute atomic E-state index is 12.8. The maximum atomic E-state index is 12.8. The van der Waals surface area contributed by atoms with Gasteiger partial charge in [-0.1, -0.05) is 41.7 Å². The van der Waals surface area contributed by atoms with Crippen LogP contribution >= 0.6 is 34.8 Å². The van der Waals surface area contributed by atoms with E-state index in [1.807, 2.05) is 6.92 Å². The van der Waals surface area contributed by atoms with E-state index in [0.29, 0.717) is 24.7 Å². The number of hydrogen-bond donors (Lipinski definition) is 1. The number of sulfonamides is 1. The number of rotatable bonds is 5. The third-order valence-corrected chi connectivity index (χ3v) is 6.23. The second kappa shape index (κ2) is 6.38. The first-order valence-electron chi connectivity index (χ1n) is 6.25. The van der Waals surface area contributed by atoms with Crippen LogP contribution in [0.25, 0.3) is 0 Å². The van der Waals surface area contributed by atoms with Crippen molar-refractivity contribution >= 4 is 44.8 Å². The van der Waals surface area contributed by atoms with E-state index in [4.69, 9.17) is 34.8 Å². The maximum Gasteiger partial charge on any atom is 0.246 e. The van der Waals surface area contributed by atoms with Crippen LogP contribution in [0, 0.1) is 0 Å². The minimum absolute atomic E-state index is 0.0517. The van der Waals surface area contributed by atoms with Crippen molar-refractivity contribution in [3.63, 3.8) is 0 Å². The van der Waals surface area contributed by atoms with Gasteiger partial charge >= 0.3 is 0 Å². The molecule has 0 saturated carbocycles. The molecular formula is C12H15Cl3N2O2S. The van der Waals surface area contributed by atoms with E-state index in [2.05, 4.69) is 5.32 Å². The van der Waals surface area contributed by atoms with Crippen LogP contribution in [0.2, 0.25) is 15.1 Å². The molecule has 1 heterocycles. The summed E-state index contributed by atoms with van der Waals surface area (Å²) in [5.41, 5.74) is 0. The van der Waals surface area contributed by atoms with Crippen molar-refractivity contribution in [1.82, 2.24) is 9.62 Å². The topological polar surface area (TPSA) is 49.4 Å². The zero-order chi connectivity index (χ0) is 14.9. The van der Waals surface area contributed by atoms with E-state index in [1.165, 1.54) is 16.4 Å². The van der Waals surface area contributed by atoms with Gasteiger partial charge in [-0.25, -0.2) is 8.42 Å². The standard InChI is InChI=1S/C12H15Cl3N2O2S/c1-2-3-17(9-6-16-7-9)20(18,19)12-10(14)4-8(13)5-11(12)15/h4-5,9,16H,2-3,6-7H2,1H3. The normalized spacial score (nSPS) is 16.4. The number of nitrogens with zero attached hydrogens (tertiary/aromatic N) is 1. The summed E-state index contributed by atoms with van der Waals surface area (Å²) in [5.74, 6) is 0. The average molecular weight is 358 g/mol. The van der Waals surface area contributed by atoms with E-state index in [0.717, 1.165) is 6.42 Å². The molecule has 20 heavy (non-hydrogen) atoms. The molecule has 0 spiro atoms. The molecule has 1 aromatic carbocycles. The molecule has 112 valence electrons. The van der Waals surface area contributed by atoms with Crippen molar-refractivity contribution in [3.8, 4) is 0 Å². The first kappa shape index (κ1) is 16.3. The second-order valence-corrected chi connectivity index (χ2v) is 7.70. The summed E-state index contributed by atoms with van der Waals surface area (Å²) in [7, 11) is -3.73. The third-order valence-electron chi connectivity index (χ3n) is 3.14. The molecule has 4 nitrogen and oxygen atoms in total. The predicted octanol–water partition coefficient (Wildman–Crippen LogP) is 3.02. The average Bonchev–Trinajstić information content (AvgIpc) is 2.23. The minimum Gasteiger partial charge on any atom is -0.313 e. The summed E-state index contributed by atoms with van der Waals surface area (Å²) < 4.78 is 27.1. The zero-order valence-corrected chi connectivity index (χ0v) is 14.0. The lowest BCUT2D eigenvalue weighted by atomic mass is 10.2. The molecule has 8 heteroatoms. The van der Waals surface area contributed by atoms with Crippen LogP contribution in [0.3, 0.4) is 0 Å². The lowest BCUT2D eigenvalue weighted by molar-refractivity contribution is 0.242. The van der Waals surface area contributed by atoms with Crippen molar-refractivity contribution in [2.75, 3.05) is 19.6 Å². The van der Waals surface area contributed by atoms with Crippen LogP contribution in [-0.4, -0.2) is 38.4 Å². The molecule has 0 amide bonds. The van der Waals surface area contributed by atoms with Gasteiger partial charge in [0.05, 0.1) is 16.1 Å². The molecule has 1 aromatic rings. The Morgan fingerprint density at radius 2 is 1.80 bits per heavy atom. The third kappa shape index (κ3) is 3.08. The highest BCUT2D eigenvalue weighted by Crippen LogP contribution is 2.35. The highest BCUT2D eigenvalue weighted by atomic mass is 35.5. The summed E-state index contributed by atoms with van der Waals surface area (Å²) in [6, 6.07) is 2.73. The Bertz CT molecular complexity index is 580. The van der Waals surface area contributed by atoms with Crippen LogP contribution < -0.4 is 5.32 Å². The van der Waals surface area contributed by atoms with Gasteiger partial charge in [0.2, 0.25) is 10.0 Å². The molecule has 0 bridgehead atoms. The highest BCUT2D eigenvalue weighted by molar-refractivity contribution is 7.89. The largest absolute Gasteiger partial charge is 0.313 e. The molecule has 1 aliphatic rings. The van der Waals surface area contributed by atoms with Crippen molar-refractivity contribution in [2.24, 2.45) is 0 Å². The van der Waals surface area contributed by atoms with Crippen LogP contribution in [0.5, 0.6) is 0 Å². The molecule has 2 rings (SSSR count). The molecule has 1 fully saturated rings. The van der Waals surface area contributed by atoms with E-state index in [-0.39, 0.29) is 21.0 Å². The smallest absolute Gasteiger partial charge is 0.246 e. The Morgan fingerprint density at radius 3 is 2.20 bits per heavy atom. The monoisotopic (exact) mass is 356 g/mol. The summed E-state index contributed by atoms with van der Waals surface area (Å²) in [5, 5.41) is 3.48. The summed E-state index contributed by atoms with van der Waals surface area (Å²) in [6.07, 6.45) is 0.721. The summed E-state index contributed by atoms with van der Waals surface area (Å²) >= 11 is 17.9. The molecule has 0 radical (unpaired) electrons. The van der Waals surface area contributed by atoms with Crippen molar-refractivity contribution < 1.29 is 8.42 Å². The number of hydrogen-bond acceptors (Lipinski definition) is 3. The van der Waals surface area contributed by atoms with Crippen molar-refractivity contribution in [1.29, 1.82) is 0 Å². The number of nitrogens with one attached hydrogen (secondary N) is 1. The summed E-state index contributed by atoms with van der Waals surface area (Å²) in [4.78, 5) is -0.0643. The highest BCUT2D eigenvalue weighted by Gasteiger charge is 2.36. The van der Waals surface area contributed by atoms with Crippen LogP contribution in [0.15, 0.2) is 17.0 Å². The molecule has 1 N–H and O–H groups in total. The molecule has 1 saturated heterocycles. The van der Waals surface area contributed by atoms with Crippen LogP contribution in [0.1, 0.15) is 13.3 Å². The molecule has 1 aliphatic heterocycles. The van der Waals surface area contributed by atoms with E-state index < -0.39 is 10.0 Å². The predicted molar refractivity (Wildman–Crippen MR) is 82.3 cm³/mol. The Morgan fingerprint density at radius 1 is 1.25 bits per heavy atom. The minimum atomic E-state index is -3.73. The number of benzene rings is 1. The Balaban J connectivity index is 2.47. The van der Waals surface area contributed by atoms with Gasteiger partial charge in [0.1, 0.15) is 4.90 Å². The molecule has 0 atom stereocenters. The van der Waals surface area contributed by atoms with E-state index >= 15 is 0 Å². The Hall–Kier alpha value is -0.0400. The number of halogens is 3. The Labute approximate surface area is 134 Å². The van der Waals surface area contributed by atoms with Gasteiger partial charge in [0, 0.05) is 24.7 Å². The van der Waals surface area contributed by atoms with Crippen molar-refractivity contribution in [2.45, 2.75) is 24.3 Å². The molecule has 0 aliphatic carbocycles. The van der Waals surface area contributed by atoms with E-state index in [9.17, 15) is 8.42 Å². The summed E-state index contributed by atoms with van der Waals surface area (Å²) in [6.45, 7) is 3.65. The van der Waals surface area contributed by atoms with Gasteiger partial charge < -0.3 is 5.32 Å². The SMILES string of the molecule is CCCN(C1CNC1)S(=O)(=O)c1c(Cl)cc(Cl)cc1Cl. The lowest BCUT2D eigenvalue weighted by Gasteiger charge is -2.37. The van der Waals surface area contributed by atoms with Crippen molar-refractivity contribution in [3.05, 3.63) is 27.2 Å². The fourth-order valence-corrected chi connectivity index (χ4v) is 5.30. The first-order chi connectivity index (χ1) is 9.37. The van der Waals surface area contributed by atoms with Gasteiger partial charge in [0.15, 0.2) is 0 Å². The molecule has 0 aromatic heterocycles. The quantitative estimate of drug-likeness (QED) is 0.881. The van der Waals surface area contributed by atoms with E-state index in [1.54, 1.807) is 0 Å². The molecular weight excluding hydrogens is 343 g/mol. The van der Waals surface area contributed by atoms with Gasteiger partial charge in [0.25, 0.3) is 0 Å². The zero-order valence-electron chi connectivity index (χ0n) is 10.9. The van der Waals surface area contributed by atoms with Crippen LogP contribution in [0.4, 0.5) is 0 Å². The Kier molecular flexibility index (Phi) is 5.21. The lowest BCUT2D eigenvalue weighted by Crippen LogP contribution is -2.58. The second-order valence-electron chi connectivity index (χ2n) is 4.63. The van der Waals surface area contributed by atoms with Crippen LogP contribution in [-0.2, 0) is 10.0 Å². The van der Waals surface area contributed by atoms with Gasteiger partial charge in [-0.05, 0) is 18.6 Å². The molecule has 0 unspecified atom stereocenters. The van der Waals surface area contributed by atoms with Gasteiger partial charge in [-0.2, -0.15) is 4.31 Å². The fraction of sp³-hybridized carbons (Fsp3) is 0.500. The first-order valence-corrected chi connectivity index (χ1v) is 8.82. The van der Waals surface area contributed by atoms with Gasteiger partial charge in [-0.3, -0.25) is 0 Å². The fourth-order valence-electron chi connectivity index (χ4n) is 2.09.